The quantitative estimate of drug-likeness (QED) is 0.686. The second-order valence-corrected chi connectivity index (χ2v) is 7.09. The van der Waals surface area contributed by atoms with Crippen LogP contribution >= 0.6 is 11.6 Å². The van der Waals surface area contributed by atoms with Crippen LogP contribution in [0, 0.1) is 11.3 Å². The fourth-order valence-corrected chi connectivity index (χ4v) is 3.18. The zero-order valence-electron chi connectivity index (χ0n) is 13.9. The maximum absolute atomic E-state index is 12.2. The number of carbonyl (C=O) groups excluding carboxylic acids is 1. The summed E-state index contributed by atoms with van der Waals surface area (Å²) < 4.78 is 13.3. The van der Waals surface area contributed by atoms with Crippen molar-refractivity contribution in [1.29, 1.82) is 5.26 Å². The van der Waals surface area contributed by atoms with Crippen LogP contribution in [0.4, 0.5) is 5.69 Å². The number of amides is 1. The molecule has 0 aliphatic carbocycles. The molecule has 0 saturated carbocycles. The van der Waals surface area contributed by atoms with Gasteiger partial charge in [-0.05, 0) is 35.9 Å². The van der Waals surface area contributed by atoms with Gasteiger partial charge in [-0.2, -0.15) is 10.4 Å². The van der Waals surface area contributed by atoms with Crippen molar-refractivity contribution in [2.75, 3.05) is 5.32 Å². The van der Waals surface area contributed by atoms with Crippen LogP contribution in [0.1, 0.15) is 11.1 Å². The smallest absolute Gasteiger partial charge is 0.228 e. The van der Waals surface area contributed by atoms with Crippen molar-refractivity contribution in [2.45, 2.75) is 11.3 Å². The number of aromatic nitrogens is 2. The molecule has 1 aromatic heterocycles. The number of carbonyl (C=O) groups is 1. The molecule has 7 nitrogen and oxygen atoms in total. The Labute approximate surface area is 163 Å². The summed E-state index contributed by atoms with van der Waals surface area (Å²) >= 11 is 5.84. The van der Waals surface area contributed by atoms with Gasteiger partial charge >= 0.3 is 0 Å². The summed E-state index contributed by atoms with van der Waals surface area (Å²) in [6.07, 6.45) is 3.07. The number of anilines is 1. The Morgan fingerprint density at radius 2 is 2.04 bits per heavy atom. The van der Waals surface area contributed by atoms with Gasteiger partial charge in [-0.25, -0.2) is 14.0 Å². The van der Waals surface area contributed by atoms with Gasteiger partial charge in [0.2, 0.25) is 5.91 Å². The molecule has 0 bridgehead atoms. The third kappa shape index (κ3) is 4.60. The number of nitrogens with two attached hydrogens (primary N) is 1. The summed E-state index contributed by atoms with van der Waals surface area (Å²) in [7, 11) is -1.81. The summed E-state index contributed by atoms with van der Waals surface area (Å²) in [5.41, 5.74) is 2.10. The summed E-state index contributed by atoms with van der Waals surface area (Å²) in [6, 6.07) is 13.8. The number of rotatable bonds is 5. The minimum atomic E-state index is -1.81. The Morgan fingerprint density at radius 1 is 1.30 bits per heavy atom. The van der Waals surface area contributed by atoms with Gasteiger partial charge in [0.1, 0.15) is 17.1 Å². The van der Waals surface area contributed by atoms with E-state index in [4.69, 9.17) is 22.0 Å². The lowest BCUT2D eigenvalue weighted by Crippen LogP contribution is -2.15. The molecule has 0 aliphatic heterocycles. The van der Waals surface area contributed by atoms with Gasteiger partial charge in [0.25, 0.3) is 0 Å². The molecule has 3 rings (SSSR count). The molecule has 1 unspecified atom stereocenters. The lowest BCUT2D eigenvalue weighted by molar-refractivity contribution is -0.115. The third-order valence-corrected chi connectivity index (χ3v) is 4.71. The SMILES string of the molecule is N#Cc1cnn(-c2ccc(NC(=O)Cc3ccc(Cl)cc3)cc2S(N)=O)c1. The highest BCUT2D eigenvalue weighted by Crippen LogP contribution is 2.22. The monoisotopic (exact) mass is 399 g/mol. The molecule has 1 atom stereocenters. The molecule has 136 valence electrons. The highest BCUT2D eigenvalue weighted by molar-refractivity contribution is 7.82. The molecule has 3 aromatic rings. The largest absolute Gasteiger partial charge is 0.326 e. The minimum absolute atomic E-state index is 0.171. The molecule has 3 N–H and O–H groups in total. The van der Waals surface area contributed by atoms with Crippen LogP contribution in [0.2, 0.25) is 5.02 Å². The lowest BCUT2D eigenvalue weighted by atomic mass is 10.1. The molecule has 0 spiro atoms. The predicted octanol–water partition coefficient (Wildman–Crippen LogP) is 2.56. The first-order valence-electron chi connectivity index (χ1n) is 7.76. The minimum Gasteiger partial charge on any atom is -0.326 e. The van der Waals surface area contributed by atoms with Crippen molar-refractivity contribution in [3.63, 3.8) is 0 Å². The van der Waals surface area contributed by atoms with Gasteiger partial charge in [-0.3, -0.25) is 4.79 Å². The molecule has 9 heteroatoms. The molecular formula is C18H14ClN5O2S. The third-order valence-electron chi connectivity index (χ3n) is 3.70. The van der Waals surface area contributed by atoms with E-state index in [1.165, 1.54) is 23.1 Å². The molecule has 27 heavy (non-hydrogen) atoms. The van der Waals surface area contributed by atoms with E-state index in [0.717, 1.165) is 5.56 Å². The predicted molar refractivity (Wildman–Crippen MR) is 103 cm³/mol. The van der Waals surface area contributed by atoms with Crippen molar-refractivity contribution >= 4 is 34.2 Å². The first kappa shape index (κ1) is 18.8. The molecule has 0 aliphatic rings. The van der Waals surface area contributed by atoms with Gasteiger partial charge in [0.15, 0.2) is 0 Å². The summed E-state index contributed by atoms with van der Waals surface area (Å²) in [5.74, 6) is -0.232. The van der Waals surface area contributed by atoms with Crippen LogP contribution in [-0.4, -0.2) is 19.9 Å². The zero-order valence-corrected chi connectivity index (χ0v) is 15.5. The van der Waals surface area contributed by atoms with Crippen LogP contribution in [0.25, 0.3) is 5.69 Å². The number of nitrogens with one attached hydrogen (secondary N) is 1. The van der Waals surface area contributed by atoms with E-state index in [0.29, 0.717) is 22.0 Å². The van der Waals surface area contributed by atoms with Crippen LogP contribution in [-0.2, 0) is 22.2 Å². The van der Waals surface area contributed by atoms with E-state index in [2.05, 4.69) is 10.4 Å². The Kier molecular flexibility index (Phi) is 5.66. The van der Waals surface area contributed by atoms with Crippen LogP contribution < -0.4 is 10.5 Å². The van der Waals surface area contributed by atoms with E-state index in [1.807, 2.05) is 6.07 Å². The van der Waals surface area contributed by atoms with Crippen molar-refractivity contribution < 1.29 is 9.00 Å². The summed E-state index contributed by atoms with van der Waals surface area (Å²) in [4.78, 5) is 12.5. The fraction of sp³-hybridized carbons (Fsp3) is 0.0556. The first-order chi connectivity index (χ1) is 13.0. The number of nitrogens with zero attached hydrogens (tertiary/aromatic N) is 3. The molecule has 1 heterocycles. The molecule has 2 aromatic carbocycles. The maximum Gasteiger partial charge on any atom is 0.228 e. The average molecular weight is 400 g/mol. The Bertz CT molecular complexity index is 1060. The van der Waals surface area contributed by atoms with Gasteiger partial charge in [-0.1, -0.05) is 23.7 Å². The van der Waals surface area contributed by atoms with E-state index < -0.39 is 11.0 Å². The van der Waals surface area contributed by atoms with Gasteiger partial charge in [0.05, 0.1) is 28.8 Å². The van der Waals surface area contributed by atoms with Gasteiger partial charge in [0, 0.05) is 16.9 Å². The standard InChI is InChI=1S/C18H14ClN5O2S/c19-14-3-1-12(2-4-14)7-18(25)23-15-5-6-16(17(8-15)27(21)26)24-11-13(9-20)10-22-24/h1-6,8,10-11H,7,21H2,(H,23,25). The highest BCUT2D eigenvalue weighted by Gasteiger charge is 2.13. The summed E-state index contributed by atoms with van der Waals surface area (Å²) in [6.45, 7) is 0. The normalized spacial score (nSPS) is 11.6. The molecule has 1 amide bonds. The van der Waals surface area contributed by atoms with Crippen molar-refractivity contribution in [3.05, 3.63) is 71.0 Å². The van der Waals surface area contributed by atoms with Crippen LogP contribution in [0.5, 0.6) is 0 Å². The number of hydrogen-bond acceptors (Lipinski definition) is 4. The first-order valence-corrected chi connectivity index (χ1v) is 9.35. The van der Waals surface area contributed by atoms with E-state index in [-0.39, 0.29) is 17.2 Å². The fourth-order valence-electron chi connectivity index (χ4n) is 2.45. The molecule has 0 saturated heterocycles. The second-order valence-electron chi connectivity index (χ2n) is 5.62. The summed E-state index contributed by atoms with van der Waals surface area (Å²) in [5, 5.41) is 21.9. The maximum atomic E-state index is 12.2. The van der Waals surface area contributed by atoms with E-state index in [9.17, 15) is 9.00 Å². The van der Waals surface area contributed by atoms with E-state index in [1.54, 1.807) is 36.4 Å². The number of hydrogen-bond donors (Lipinski definition) is 2. The van der Waals surface area contributed by atoms with Crippen molar-refractivity contribution in [3.8, 4) is 11.8 Å². The lowest BCUT2D eigenvalue weighted by Gasteiger charge is -2.11. The Balaban J connectivity index is 1.81. The van der Waals surface area contributed by atoms with Crippen molar-refractivity contribution in [2.24, 2.45) is 5.14 Å². The number of nitriles is 1. The average Bonchev–Trinajstić information content (AvgIpc) is 3.12. The Hall–Kier alpha value is -2.99. The number of halogens is 1. The molecule has 0 radical (unpaired) electrons. The Morgan fingerprint density at radius 3 is 2.67 bits per heavy atom. The van der Waals surface area contributed by atoms with Crippen molar-refractivity contribution in [1.82, 2.24) is 9.78 Å². The number of benzene rings is 2. The van der Waals surface area contributed by atoms with Gasteiger partial charge < -0.3 is 5.32 Å². The van der Waals surface area contributed by atoms with Gasteiger partial charge in [-0.15, -0.1) is 0 Å². The van der Waals surface area contributed by atoms with Crippen LogP contribution in [0.15, 0.2) is 59.8 Å². The zero-order chi connectivity index (χ0) is 19.4. The van der Waals surface area contributed by atoms with Crippen LogP contribution in [0.3, 0.4) is 0 Å². The topological polar surface area (TPSA) is 114 Å². The second kappa shape index (κ2) is 8.14. The highest BCUT2D eigenvalue weighted by atomic mass is 35.5. The molecular weight excluding hydrogens is 386 g/mol. The molecule has 0 fully saturated rings. The van der Waals surface area contributed by atoms with E-state index >= 15 is 0 Å².